The fraction of sp³-hybridized carbons (Fsp3) is 0.375. The van der Waals surface area contributed by atoms with E-state index >= 15 is 0 Å². The lowest BCUT2D eigenvalue weighted by Crippen LogP contribution is -1.97. The highest BCUT2D eigenvalue weighted by Crippen LogP contribution is 2.24. The highest BCUT2D eigenvalue weighted by molar-refractivity contribution is 5.86. The summed E-state index contributed by atoms with van der Waals surface area (Å²) in [4.78, 5) is 0. The molecule has 0 spiro atoms. The van der Waals surface area contributed by atoms with E-state index in [0.717, 1.165) is 35.1 Å². The lowest BCUT2D eigenvalue weighted by Gasteiger charge is -2.13. The summed E-state index contributed by atoms with van der Waals surface area (Å²) in [6, 6.07) is 0. The van der Waals surface area contributed by atoms with E-state index in [-0.39, 0.29) is 0 Å². The Labute approximate surface area is 111 Å². The number of rotatable bonds is 7. The van der Waals surface area contributed by atoms with Crippen LogP contribution in [0.4, 0.5) is 0 Å². The normalized spacial score (nSPS) is 14.0. The highest BCUT2D eigenvalue weighted by atomic mass is 14.3. The minimum atomic E-state index is 0.865. The standard InChI is InChI=1S/C16H24N2/c1-6-7-14(5)16(12(2)3)15(11-18)10-13(4)8-9-17/h8-11,17-18H,2,6-7H2,1,3-5H3/b13-8+,15-10+,16-14+,17-9?,18-11?. The van der Waals surface area contributed by atoms with Crippen LogP contribution < -0.4 is 0 Å². The molecule has 2 heteroatoms. The Morgan fingerprint density at radius 3 is 2.17 bits per heavy atom. The number of allylic oxidation sites excluding steroid dienone is 7. The van der Waals surface area contributed by atoms with Crippen molar-refractivity contribution in [3.05, 3.63) is 46.6 Å². The summed E-state index contributed by atoms with van der Waals surface area (Å²) in [5.41, 5.74) is 5.15. The van der Waals surface area contributed by atoms with Crippen LogP contribution in [0, 0.1) is 10.8 Å². The van der Waals surface area contributed by atoms with E-state index in [2.05, 4.69) is 20.4 Å². The molecule has 0 rings (SSSR count). The van der Waals surface area contributed by atoms with Gasteiger partial charge in [-0.15, -0.1) is 0 Å². The lowest BCUT2D eigenvalue weighted by molar-refractivity contribution is 0.896. The molecule has 0 unspecified atom stereocenters. The zero-order valence-corrected chi connectivity index (χ0v) is 11.9. The fourth-order valence-electron chi connectivity index (χ4n) is 1.97. The van der Waals surface area contributed by atoms with Crippen molar-refractivity contribution in [1.29, 1.82) is 10.8 Å². The first-order chi connectivity index (χ1) is 8.47. The quantitative estimate of drug-likeness (QED) is 0.475. The predicted octanol–water partition coefficient (Wildman–Crippen LogP) is 4.85. The Hall–Kier alpha value is -1.70. The van der Waals surface area contributed by atoms with Crippen molar-refractivity contribution in [2.45, 2.75) is 40.5 Å². The monoisotopic (exact) mass is 244 g/mol. The second-order valence-corrected chi connectivity index (χ2v) is 4.51. The van der Waals surface area contributed by atoms with Gasteiger partial charge in [-0.2, -0.15) is 0 Å². The summed E-state index contributed by atoms with van der Waals surface area (Å²) in [5.74, 6) is 0. The summed E-state index contributed by atoms with van der Waals surface area (Å²) in [6.07, 6.45) is 8.38. The molecule has 0 aromatic carbocycles. The second-order valence-electron chi connectivity index (χ2n) is 4.51. The summed E-state index contributed by atoms with van der Waals surface area (Å²) >= 11 is 0. The molecule has 0 aliphatic rings. The first-order valence-corrected chi connectivity index (χ1v) is 6.23. The van der Waals surface area contributed by atoms with Gasteiger partial charge in [0.15, 0.2) is 0 Å². The molecule has 18 heavy (non-hydrogen) atoms. The minimum Gasteiger partial charge on any atom is -0.309 e. The predicted molar refractivity (Wildman–Crippen MR) is 81.8 cm³/mol. The summed E-state index contributed by atoms with van der Waals surface area (Å²) in [7, 11) is 0. The van der Waals surface area contributed by atoms with Gasteiger partial charge in [0, 0.05) is 12.4 Å². The molecule has 2 nitrogen and oxygen atoms in total. The van der Waals surface area contributed by atoms with E-state index in [0.29, 0.717) is 0 Å². The highest BCUT2D eigenvalue weighted by Gasteiger charge is 2.08. The van der Waals surface area contributed by atoms with Crippen LogP contribution in [0.1, 0.15) is 40.5 Å². The number of nitrogens with one attached hydrogen (secondary N) is 2. The molecule has 0 saturated heterocycles. The third kappa shape index (κ3) is 5.09. The Bertz CT molecular complexity index is 420. The molecule has 2 N–H and O–H groups in total. The molecule has 0 aromatic rings. The fourth-order valence-corrected chi connectivity index (χ4v) is 1.97. The van der Waals surface area contributed by atoms with Gasteiger partial charge < -0.3 is 10.8 Å². The molecule has 0 aliphatic carbocycles. The molecule has 0 radical (unpaired) electrons. The van der Waals surface area contributed by atoms with Gasteiger partial charge in [0.2, 0.25) is 0 Å². The molecule has 0 fully saturated rings. The number of hydrogen-bond donors (Lipinski definition) is 2. The van der Waals surface area contributed by atoms with Gasteiger partial charge in [0.1, 0.15) is 0 Å². The van der Waals surface area contributed by atoms with Gasteiger partial charge in [-0.1, -0.05) is 31.1 Å². The van der Waals surface area contributed by atoms with Gasteiger partial charge >= 0.3 is 0 Å². The van der Waals surface area contributed by atoms with Crippen molar-refractivity contribution in [2.24, 2.45) is 0 Å². The molecule has 0 aliphatic heterocycles. The Balaban J connectivity index is 5.66. The molecular weight excluding hydrogens is 220 g/mol. The summed E-state index contributed by atoms with van der Waals surface area (Å²) in [6.45, 7) is 12.2. The third-order valence-corrected chi connectivity index (χ3v) is 2.65. The van der Waals surface area contributed by atoms with Crippen molar-refractivity contribution in [3.63, 3.8) is 0 Å². The first-order valence-electron chi connectivity index (χ1n) is 6.23. The van der Waals surface area contributed by atoms with Gasteiger partial charge in [-0.05, 0) is 56.1 Å². The van der Waals surface area contributed by atoms with Crippen LogP contribution in [0.2, 0.25) is 0 Å². The van der Waals surface area contributed by atoms with Crippen LogP contribution in [0.25, 0.3) is 0 Å². The van der Waals surface area contributed by atoms with Gasteiger partial charge in [0.25, 0.3) is 0 Å². The maximum absolute atomic E-state index is 7.58. The van der Waals surface area contributed by atoms with Crippen LogP contribution in [0.5, 0.6) is 0 Å². The zero-order valence-electron chi connectivity index (χ0n) is 11.9. The second kappa shape index (κ2) is 8.40. The van der Waals surface area contributed by atoms with Crippen LogP contribution in [-0.2, 0) is 0 Å². The zero-order chi connectivity index (χ0) is 14.1. The third-order valence-electron chi connectivity index (χ3n) is 2.65. The molecule has 0 aromatic heterocycles. The first kappa shape index (κ1) is 16.3. The SMILES string of the molecule is C=C(C)C(/C(C=N)=C/C(C)=C/C=N)=C(/C)CCC. The van der Waals surface area contributed by atoms with Crippen LogP contribution in [0.15, 0.2) is 46.6 Å². The van der Waals surface area contributed by atoms with Crippen LogP contribution >= 0.6 is 0 Å². The lowest BCUT2D eigenvalue weighted by atomic mass is 9.92. The molecule has 0 atom stereocenters. The minimum absolute atomic E-state index is 0.865. The van der Waals surface area contributed by atoms with Crippen molar-refractivity contribution < 1.29 is 0 Å². The number of hydrogen-bond acceptors (Lipinski definition) is 2. The Morgan fingerprint density at radius 1 is 1.17 bits per heavy atom. The van der Waals surface area contributed by atoms with Crippen molar-refractivity contribution in [3.8, 4) is 0 Å². The van der Waals surface area contributed by atoms with E-state index in [1.807, 2.05) is 19.9 Å². The van der Waals surface area contributed by atoms with E-state index in [1.54, 1.807) is 6.08 Å². The summed E-state index contributed by atoms with van der Waals surface area (Å²) < 4.78 is 0. The van der Waals surface area contributed by atoms with Gasteiger partial charge in [-0.3, -0.25) is 0 Å². The molecular formula is C16H24N2. The molecule has 0 heterocycles. The van der Waals surface area contributed by atoms with Crippen LogP contribution in [0.3, 0.4) is 0 Å². The van der Waals surface area contributed by atoms with Crippen molar-refractivity contribution in [1.82, 2.24) is 0 Å². The van der Waals surface area contributed by atoms with E-state index < -0.39 is 0 Å². The molecule has 0 amide bonds. The van der Waals surface area contributed by atoms with Crippen molar-refractivity contribution in [2.75, 3.05) is 0 Å². The van der Waals surface area contributed by atoms with Gasteiger partial charge in [0.05, 0.1) is 0 Å². The average Bonchev–Trinajstić information content (AvgIpc) is 2.28. The van der Waals surface area contributed by atoms with Gasteiger partial charge in [-0.25, -0.2) is 0 Å². The molecule has 98 valence electrons. The topological polar surface area (TPSA) is 47.7 Å². The Kier molecular flexibility index (Phi) is 7.61. The molecule has 0 saturated carbocycles. The molecule has 0 bridgehead atoms. The largest absolute Gasteiger partial charge is 0.309 e. The maximum Gasteiger partial charge on any atom is 0.0256 e. The van der Waals surface area contributed by atoms with Crippen LogP contribution in [-0.4, -0.2) is 12.4 Å². The Morgan fingerprint density at radius 2 is 1.78 bits per heavy atom. The maximum atomic E-state index is 7.58. The van der Waals surface area contributed by atoms with E-state index in [1.165, 1.54) is 18.0 Å². The average molecular weight is 244 g/mol. The van der Waals surface area contributed by atoms with Crippen molar-refractivity contribution >= 4 is 12.4 Å². The van der Waals surface area contributed by atoms with E-state index in [9.17, 15) is 0 Å². The smallest absolute Gasteiger partial charge is 0.0256 e. The van der Waals surface area contributed by atoms with E-state index in [4.69, 9.17) is 10.8 Å². The summed E-state index contributed by atoms with van der Waals surface area (Å²) in [5, 5.41) is 14.6.